The van der Waals surface area contributed by atoms with E-state index in [0.29, 0.717) is 11.8 Å². The Morgan fingerprint density at radius 3 is 2.77 bits per heavy atom. The minimum Gasteiger partial charge on any atom is -0.303 e. The Hall–Kier alpha value is -1.92. The van der Waals surface area contributed by atoms with E-state index in [0.717, 1.165) is 28.5 Å². The SMILES string of the molecule is Cc1ccc(C(=O)CSc2nnc(Cc3cccs3)n2C2CC2)cc1C. The van der Waals surface area contributed by atoms with Crippen molar-refractivity contribution in [2.45, 2.75) is 44.3 Å². The molecule has 0 saturated heterocycles. The van der Waals surface area contributed by atoms with E-state index in [4.69, 9.17) is 0 Å². The van der Waals surface area contributed by atoms with Crippen molar-refractivity contribution in [1.29, 1.82) is 0 Å². The molecular weight excluding hydrogens is 362 g/mol. The Morgan fingerprint density at radius 2 is 2.08 bits per heavy atom. The summed E-state index contributed by atoms with van der Waals surface area (Å²) in [4.78, 5) is 13.9. The van der Waals surface area contributed by atoms with Crippen LogP contribution < -0.4 is 0 Å². The summed E-state index contributed by atoms with van der Waals surface area (Å²) in [7, 11) is 0. The van der Waals surface area contributed by atoms with Gasteiger partial charge < -0.3 is 4.57 Å². The molecule has 2 aromatic heterocycles. The molecular formula is C20H21N3OS2. The number of thiophene rings is 1. The zero-order valence-corrected chi connectivity index (χ0v) is 16.6. The summed E-state index contributed by atoms with van der Waals surface area (Å²) in [5.41, 5.74) is 3.14. The summed E-state index contributed by atoms with van der Waals surface area (Å²) in [5.74, 6) is 1.55. The van der Waals surface area contributed by atoms with Gasteiger partial charge in [-0.25, -0.2) is 0 Å². The minimum atomic E-state index is 0.142. The fraction of sp³-hybridized carbons (Fsp3) is 0.350. The van der Waals surface area contributed by atoms with Gasteiger partial charge >= 0.3 is 0 Å². The number of thioether (sulfide) groups is 1. The highest BCUT2D eigenvalue weighted by Gasteiger charge is 2.30. The van der Waals surface area contributed by atoms with Crippen molar-refractivity contribution in [3.05, 3.63) is 63.1 Å². The van der Waals surface area contributed by atoms with Crippen LogP contribution in [0, 0.1) is 13.8 Å². The maximum Gasteiger partial charge on any atom is 0.191 e. The van der Waals surface area contributed by atoms with Gasteiger partial charge in [0.05, 0.1) is 5.75 Å². The molecule has 0 bridgehead atoms. The normalized spacial score (nSPS) is 13.9. The van der Waals surface area contributed by atoms with Crippen molar-refractivity contribution in [3.8, 4) is 0 Å². The second-order valence-electron chi connectivity index (χ2n) is 6.77. The molecule has 1 aromatic carbocycles. The lowest BCUT2D eigenvalue weighted by Gasteiger charge is -2.08. The van der Waals surface area contributed by atoms with Crippen molar-refractivity contribution >= 4 is 28.9 Å². The molecule has 0 atom stereocenters. The summed E-state index contributed by atoms with van der Waals surface area (Å²) >= 11 is 3.25. The minimum absolute atomic E-state index is 0.142. The van der Waals surface area contributed by atoms with E-state index in [1.165, 1.54) is 35.0 Å². The molecule has 0 radical (unpaired) electrons. The molecule has 6 heteroatoms. The molecule has 4 nitrogen and oxygen atoms in total. The van der Waals surface area contributed by atoms with Gasteiger partial charge in [0.25, 0.3) is 0 Å². The van der Waals surface area contributed by atoms with Gasteiger partial charge in [0.1, 0.15) is 5.82 Å². The number of nitrogens with zero attached hydrogens (tertiary/aromatic N) is 3. The quantitative estimate of drug-likeness (QED) is 0.432. The number of hydrogen-bond donors (Lipinski definition) is 0. The van der Waals surface area contributed by atoms with Gasteiger partial charge in [-0.1, -0.05) is 30.0 Å². The van der Waals surface area contributed by atoms with E-state index >= 15 is 0 Å². The lowest BCUT2D eigenvalue weighted by atomic mass is 10.0. The number of carbonyl (C=O) groups is 1. The summed E-state index contributed by atoms with van der Waals surface area (Å²) in [5, 5.41) is 11.8. The van der Waals surface area contributed by atoms with Crippen LogP contribution in [0.5, 0.6) is 0 Å². The Labute approximate surface area is 161 Å². The first-order chi connectivity index (χ1) is 12.6. The molecule has 1 saturated carbocycles. The molecule has 134 valence electrons. The van der Waals surface area contributed by atoms with Crippen LogP contribution in [-0.4, -0.2) is 26.3 Å². The van der Waals surface area contributed by atoms with Crippen LogP contribution in [0.4, 0.5) is 0 Å². The lowest BCUT2D eigenvalue weighted by Crippen LogP contribution is -2.07. The fourth-order valence-corrected chi connectivity index (χ4v) is 4.54. The van der Waals surface area contributed by atoms with Crippen LogP contribution in [0.1, 0.15) is 51.1 Å². The van der Waals surface area contributed by atoms with Crippen molar-refractivity contribution in [2.75, 3.05) is 5.75 Å². The maximum atomic E-state index is 12.6. The number of aryl methyl sites for hydroxylation is 2. The summed E-state index contributed by atoms with van der Waals surface area (Å²) in [6, 6.07) is 10.6. The molecule has 4 rings (SSSR count). The van der Waals surface area contributed by atoms with E-state index in [9.17, 15) is 4.79 Å². The Kier molecular flexibility index (Phi) is 4.96. The summed E-state index contributed by atoms with van der Waals surface area (Å²) in [6.07, 6.45) is 3.16. The van der Waals surface area contributed by atoms with Gasteiger partial charge in [0.2, 0.25) is 0 Å². The first-order valence-corrected chi connectivity index (χ1v) is 10.7. The Balaban J connectivity index is 1.48. The number of Topliss-reactive ketones (excluding diaryl/α,β-unsaturated/α-hetero) is 1. The van der Waals surface area contributed by atoms with E-state index in [2.05, 4.69) is 39.2 Å². The second-order valence-corrected chi connectivity index (χ2v) is 8.74. The number of ketones is 1. The van der Waals surface area contributed by atoms with Crippen molar-refractivity contribution < 1.29 is 4.79 Å². The predicted octanol–water partition coefficient (Wildman–Crippen LogP) is 4.86. The molecule has 0 spiro atoms. The van der Waals surface area contributed by atoms with E-state index < -0.39 is 0 Å². The lowest BCUT2D eigenvalue weighted by molar-refractivity contribution is 0.102. The van der Waals surface area contributed by atoms with Crippen LogP contribution in [-0.2, 0) is 6.42 Å². The Morgan fingerprint density at radius 1 is 1.23 bits per heavy atom. The first kappa shape index (κ1) is 17.5. The maximum absolute atomic E-state index is 12.6. The zero-order chi connectivity index (χ0) is 18.1. The Bertz CT molecular complexity index is 927. The van der Waals surface area contributed by atoms with Crippen LogP contribution in [0.3, 0.4) is 0 Å². The summed E-state index contributed by atoms with van der Waals surface area (Å²) < 4.78 is 2.25. The molecule has 0 N–H and O–H groups in total. The van der Waals surface area contributed by atoms with Crippen molar-refractivity contribution in [2.24, 2.45) is 0 Å². The number of carbonyl (C=O) groups excluding carboxylic acids is 1. The third-order valence-electron chi connectivity index (χ3n) is 4.72. The van der Waals surface area contributed by atoms with E-state index in [1.807, 2.05) is 25.1 Å². The van der Waals surface area contributed by atoms with Crippen LogP contribution in [0.2, 0.25) is 0 Å². The molecule has 0 unspecified atom stereocenters. The number of rotatable bonds is 7. The van der Waals surface area contributed by atoms with Crippen LogP contribution in [0.25, 0.3) is 0 Å². The molecule has 1 aliphatic rings. The average Bonchev–Trinajstić information content (AvgIpc) is 3.18. The number of hydrogen-bond acceptors (Lipinski definition) is 5. The first-order valence-electron chi connectivity index (χ1n) is 8.81. The molecule has 2 heterocycles. The van der Waals surface area contributed by atoms with E-state index in [1.54, 1.807) is 11.3 Å². The fourth-order valence-electron chi connectivity index (χ4n) is 2.92. The molecule has 0 amide bonds. The van der Waals surface area contributed by atoms with Gasteiger partial charge in [-0.2, -0.15) is 0 Å². The zero-order valence-electron chi connectivity index (χ0n) is 14.9. The van der Waals surface area contributed by atoms with Gasteiger partial charge in [-0.15, -0.1) is 21.5 Å². The van der Waals surface area contributed by atoms with E-state index in [-0.39, 0.29) is 5.78 Å². The monoisotopic (exact) mass is 383 g/mol. The summed E-state index contributed by atoms with van der Waals surface area (Å²) in [6.45, 7) is 4.10. The third-order valence-corrected chi connectivity index (χ3v) is 6.54. The molecule has 1 fully saturated rings. The van der Waals surface area contributed by atoms with Gasteiger partial charge in [-0.05, 0) is 55.3 Å². The van der Waals surface area contributed by atoms with Gasteiger partial charge in [0.15, 0.2) is 10.9 Å². The van der Waals surface area contributed by atoms with Gasteiger partial charge in [-0.3, -0.25) is 4.79 Å². The second kappa shape index (κ2) is 7.37. The van der Waals surface area contributed by atoms with Crippen molar-refractivity contribution in [3.63, 3.8) is 0 Å². The predicted molar refractivity (Wildman–Crippen MR) is 106 cm³/mol. The number of aromatic nitrogens is 3. The molecule has 26 heavy (non-hydrogen) atoms. The van der Waals surface area contributed by atoms with Crippen LogP contribution in [0.15, 0.2) is 40.9 Å². The highest BCUT2D eigenvalue weighted by Crippen LogP contribution is 2.39. The highest BCUT2D eigenvalue weighted by molar-refractivity contribution is 7.99. The van der Waals surface area contributed by atoms with Crippen LogP contribution >= 0.6 is 23.1 Å². The number of benzene rings is 1. The van der Waals surface area contributed by atoms with Gasteiger partial charge in [0, 0.05) is 22.9 Å². The smallest absolute Gasteiger partial charge is 0.191 e. The molecule has 1 aliphatic carbocycles. The third kappa shape index (κ3) is 3.76. The van der Waals surface area contributed by atoms with Crippen molar-refractivity contribution in [1.82, 2.24) is 14.8 Å². The molecule has 3 aromatic rings. The standard InChI is InChI=1S/C20H21N3OS2/c1-13-5-6-15(10-14(13)2)18(24)12-26-20-22-21-19(23(20)16-7-8-16)11-17-4-3-9-25-17/h3-6,9-10,16H,7-8,11-12H2,1-2H3. The average molecular weight is 384 g/mol. The highest BCUT2D eigenvalue weighted by atomic mass is 32.2. The largest absolute Gasteiger partial charge is 0.303 e. The topological polar surface area (TPSA) is 47.8 Å². The molecule has 0 aliphatic heterocycles.